The highest BCUT2D eigenvalue weighted by molar-refractivity contribution is 7.11. The molecule has 3 nitrogen and oxygen atoms in total. The summed E-state index contributed by atoms with van der Waals surface area (Å²) in [6.07, 6.45) is 6.17. The van der Waals surface area contributed by atoms with Crippen LogP contribution >= 0.6 is 11.3 Å². The van der Waals surface area contributed by atoms with Crippen molar-refractivity contribution in [3.05, 3.63) is 27.9 Å². The molecule has 0 fully saturated rings. The van der Waals surface area contributed by atoms with Crippen LogP contribution in [0.3, 0.4) is 0 Å². The minimum absolute atomic E-state index is 0.228. The summed E-state index contributed by atoms with van der Waals surface area (Å²) in [5, 5.41) is 4.34. The fourth-order valence-corrected chi connectivity index (χ4v) is 2.32. The molecule has 1 aromatic rings. The number of nitrogens with one attached hydrogen (secondary N) is 1. The van der Waals surface area contributed by atoms with Crippen molar-refractivity contribution in [2.45, 2.75) is 32.7 Å². The van der Waals surface area contributed by atoms with E-state index < -0.39 is 0 Å². The monoisotopic (exact) mass is 222 g/mol. The quantitative estimate of drug-likeness (QED) is 0.847. The fourth-order valence-electron chi connectivity index (χ4n) is 1.52. The molecule has 0 bridgehead atoms. The van der Waals surface area contributed by atoms with E-state index in [-0.39, 0.29) is 5.78 Å². The highest BCUT2D eigenvalue weighted by Gasteiger charge is 2.11. The number of rotatable bonds is 4. The first kappa shape index (κ1) is 10.4. The van der Waals surface area contributed by atoms with Gasteiger partial charge in [-0.15, -0.1) is 11.3 Å². The Morgan fingerprint density at radius 1 is 1.53 bits per heavy atom. The summed E-state index contributed by atoms with van der Waals surface area (Å²) in [5.74, 6) is 0.228. The van der Waals surface area contributed by atoms with Crippen LogP contribution in [-0.2, 0) is 17.8 Å². The maximum absolute atomic E-state index is 11.0. The van der Waals surface area contributed by atoms with E-state index in [0.717, 1.165) is 30.1 Å². The molecular weight excluding hydrogens is 208 g/mol. The van der Waals surface area contributed by atoms with Crippen LogP contribution in [0.15, 0.2) is 18.0 Å². The lowest BCUT2D eigenvalue weighted by Crippen LogP contribution is -2.10. The Balaban J connectivity index is 1.88. The molecular formula is C11H14N2OS. The summed E-state index contributed by atoms with van der Waals surface area (Å²) in [5.41, 5.74) is 1.05. The van der Waals surface area contributed by atoms with Gasteiger partial charge in [0.1, 0.15) is 5.01 Å². The minimum atomic E-state index is 0.228. The first-order valence-corrected chi connectivity index (χ1v) is 6.00. The van der Waals surface area contributed by atoms with E-state index in [9.17, 15) is 4.79 Å². The van der Waals surface area contributed by atoms with E-state index in [1.807, 2.05) is 6.20 Å². The van der Waals surface area contributed by atoms with Gasteiger partial charge in [0.15, 0.2) is 5.78 Å². The van der Waals surface area contributed by atoms with E-state index >= 15 is 0 Å². The van der Waals surface area contributed by atoms with E-state index in [1.165, 1.54) is 4.88 Å². The Hall–Kier alpha value is -1.16. The Morgan fingerprint density at radius 3 is 3.00 bits per heavy atom. The van der Waals surface area contributed by atoms with Crippen LogP contribution in [0.25, 0.3) is 0 Å². The normalized spacial score (nSPS) is 15.5. The van der Waals surface area contributed by atoms with Crippen LogP contribution in [0.2, 0.25) is 0 Å². The van der Waals surface area contributed by atoms with Crippen LogP contribution in [0.5, 0.6) is 0 Å². The summed E-state index contributed by atoms with van der Waals surface area (Å²) >= 11 is 1.73. The number of nitrogens with zero attached hydrogens (tertiary/aromatic N) is 1. The van der Waals surface area contributed by atoms with Crippen LogP contribution in [0.4, 0.5) is 0 Å². The van der Waals surface area contributed by atoms with E-state index in [4.69, 9.17) is 0 Å². The van der Waals surface area contributed by atoms with Gasteiger partial charge in [0, 0.05) is 29.3 Å². The summed E-state index contributed by atoms with van der Waals surface area (Å²) in [6, 6.07) is 0. The molecule has 1 aliphatic rings. The molecule has 0 amide bonds. The molecule has 0 unspecified atom stereocenters. The third-order valence-corrected chi connectivity index (χ3v) is 3.53. The molecule has 4 heteroatoms. The highest BCUT2D eigenvalue weighted by atomic mass is 32.1. The van der Waals surface area contributed by atoms with Gasteiger partial charge in [0.25, 0.3) is 0 Å². The van der Waals surface area contributed by atoms with Crippen molar-refractivity contribution in [3.63, 3.8) is 0 Å². The predicted molar refractivity (Wildman–Crippen MR) is 60.7 cm³/mol. The van der Waals surface area contributed by atoms with Gasteiger partial charge in [-0.3, -0.25) is 4.79 Å². The molecule has 0 radical (unpaired) electrons. The van der Waals surface area contributed by atoms with Crippen LogP contribution in [0, 0.1) is 0 Å². The molecule has 0 aliphatic heterocycles. The van der Waals surface area contributed by atoms with E-state index in [2.05, 4.69) is 17.2 Å². The molecule has 0 aromatic carbocycles. The number of ketones is 1. The van der Waals surface area contributed by atoms with Gasteiger partial charge in [-0.05, 0) is 12.8 Å². The Bertz CT molecular complexity index is 395. The lowest BCUT2D eigenvalue weighted by Gasteiger charge is -2.02. The van der Waals surface area contributed by atoms with Crippen molar-refractivity contribution in [1.29, 1.82) is 0 Å². The summed E-state index contributed by atoms with van der Waals surface area (Å²) in [7, 11) is 0. The molecule has 1 aromatic heterocycles. The van der Waals surface area contributed by atoms with Crippen molar-refractivity contribution in [2.75, 3.05) is 0 Å². The molecule has 1 N–H and O–H groups in total. The smallest absolute Gasteiger partial charge is 0.157 e. The number of thiazole rings is 1. The standard InChI is InChI=1S/C11H14N2OS/c1-2-10-6-13-11(15-10)7-12-8-3-4-9(14)5-8/h5-6,12H,2-4,7H2,1H3. The average Bonchev–Trinajstić information content (AvgIpc) is 2.83. The SMILES string of the molecule is CCc1cnc(CNC2=CC(=O)CC2)s1. The number of hydrogen-bond donors (Lipinski definition) is 1. The van der Waals surface area contributed by atoms with E-state index in [1.54, 1.807) is 17.4 Å². The van der Waals surface area contributed by atoms with Crippen molar-refractivity contribution in [2.24, 2.45) is 0 Å². The zero-order valence-electron chi connectivity index (χ0n) is 8.75. The van der Waals surface area contributed by atoms with Crippen molar-refractivity contribution in [3.8, 4) is 0 Å². The van der Waals surface area contributed by atoms with Crippen LogP contribution < -0.4 is 5.32 Å². The van der Waals surface area contributed by atoms with Crippen LogP contribution in [-0.4, -0.2) is 10.8 Å². The molecule has 2 rings (SSSR count). The molecule has 0 saturated carbocycles. The third-order valence-electron chi connectivity index (χ3n) is 2.39. The maximum atomic E-state index is 11.0. The molecule has 1 aliphatic carbocycles. The summed E-state index contributed by atoms with van der Waals surface area (Å²) in [6.45, 7) is 2.87. The van der Waals surface area contributed by atoms with Gasteiger partial charge >= 0.3 is 0 Å². The van der Waals surface area contributed by atoms with Gasteiger partial charge in [-0.25, -0.2) is 4.98 Å². The Labute approximate surface area is 93.2 Å². The highest BCUT2D eigenvalue weighted by Crippen LogP contribution is 2.16. The van der Waals surface area contributed by atoms with Crippen LogP contribution in [0.1, 0.15) is 29.7 Å². The Morgan fingerprint density at radius 2 is 2.40 bits per heavy atom. The molecule has 1 heterocycles. The zero-order valence-corrected chi connectivity index (χ0v) is 9.56. The number of allylic oxidation sites excluding steroid dienone is 2. The van der Waals surface area contributed by atoms with Crippen molar-refractivity contribution >= 4 is 17.1 Å². The summed E-state index contributed by atoms with van der Waals surface area (Å²) in [4.78, 5) is 16.6. The fraction of sp³-hybridized carbons (Fsp3) is 0.455. The number of carbonyl (C=O) groups is 1. The topological polar surface area (TPSA) is 42.0 Å². The summed E-state index contributed by atoms with van der Waals surface area (Å²) < 4.78 is 0. The minimum Gasteiger partial charge on any atom is -0.382 e. The molecule has 0 atom stereocenters. The number of aromatic nitrogens is 1. The van der Waals surface area contributed by atoms with Gasteiger partial charge in [0.2, 0.25) is 0 Å². The number of aryl methyl sites for hydroxylation is 1. The molecule has 80 valence electrons. The van der Waals surface area contributed by atoms with Gasteiger partial charge < -0.3 is 5.32 Å². The van der Waals surface area contributed by atoms with Gasteiger partial charge in [-0.1, -0.05) is 6.92 Å². The van der Waals surface area contributed by atoms with Crippen molar-refractivity contribution in [1.82, 2.24) is 10.3 Å². The second-order valence-corrected chi connectivity index (χ2v) is 4.76. The average molecular weight is 222 g/mol. The molecule has 15 heavy (non-hydrogen) atoms. The first-order chi connectivity index (χ1) is 7.28. The van der Waals surface area contributed by atoms with Gasteiger partial charge in [-0.2, -0.15) is 0 Å². The second-order valence-electron chi connectivity index (χ2n) is 3.56. The molecule has 0 spiro atoms. The van der Waals surface area contributed by atoms with Crippen molar-refractivity contribution < 1.29 is 4.79 Å². The van der Waals surface area contributed by atoms with E-state index in [0.29, 0.717) is 6.42 Å². The predicted octanol–water partition coefficient (Wildman–Crippen LogP) is 2.04. The largest absolute Gasteiger partial charge is 0.382 e. The lowest BCUT2D eigenvalue weighted by atomic mass is 10.3. The molecule has 0 saturated heterocycles. The first-order valence-electron chi connectivity index (χ1n) is 5.19. The van der Waals surface area contributed by atoms with Gasteiger partial charge in [0.05, 0.1) is 6.54 Å². The lowest BCUT2D eigenvalue weighted by molar-refractivity contribution is -0.114. The third kappa shape index (κ3) is 2.65. The second kappa shape index (κ2) is 4.57. The Kier molecular flexibility index (Phi) is 3.16. The number of hydrogen-bond acceptors (Lipinski definition) is 4. The zero-order chi connectivity index (χ0) is 10.7. The maximum Gasteiger partial charge on any atom is 0.157 e. The number of carbonyl (C=O) groups excluding carboxylic acids is 1.